The molecule has 0 aromatic carbocycles. The predicted molar refractivity (Wildman–Crippen MR) is 50.8 cm³/mol. The Morgan fingerprint density at radius 3 is 2.64 bits per heavy atom. The van der Waals surface area contributed by atoms with Gasteiger partial charge in [-0.1, -0.05) is 6.92 Å². The van der Waals surface area contributed by atoms with E-state index >= 15 is 0 Å². The first-order valence-electron chi connectivity index (χ1n) is 5.02. The number of rotatable bonds is 4. The van der Waals surface area contributed by atoms with Crippen LogP contribution < -0.4 is 0 Å². The highest BCUT2D eigenvalue weighted by atomic mass is 16.4. The Morgan fingerprint density at radius 1 is 1.64 bits per heavy atom. The van der Waals surface area contributed by atoms with Crippen molar-refractivity contribution in [1.82, 2.24) is 0 Å². The molecule has 3 unspecified atom stereocenters. The molecule has 82 valence electrons. The summed E-state index contributed by atoms with van der Waals surface area (Å²) in [5.41, 5.74) is -0.804. The van der Waals surface area contributed by atoms with Gasteiger partial charge in [-0.05, 0) is 31.6 Å². The average molecular weight is 202 g/mol. The summed E-state index contributed by atoms with van der Waals surface area (Å²) in [6, 6.07) is 0. The predicted octanol–water partition coefficient (Wildman–Crippen LogP) is 0.621. The summed E-state index contributed by atoms with van der Waals surface area (Å²) in [7, 11) is 0. The van der Waals surface area contributed by atoms with Crippen molar-refractivity contribution in [2.24, 2.45) is 11.3 Å². The van der Waals surface area contributed by atoms with Gasteiger partial charge in [-0.25, -0.2) is 0 Å². The molecule has 1 saturated carbocycles. The molecule has 3 atom stereocenters. The lowest BCUT2D eigenvalue weighted by Crippen LogP contribution is -2.33. The van der Waals surface area contributed by atoms with E-state index in [9.17, 15) is 9.90 Å². The Hall–Kier alpha value is -0.610. The first-order valence-corrected chi connectivity index (χ1v) is 5.02. The van der Waals surface area contributed by atoms with Crippen LogP contribution in [0.2, 0.25) is 0 Å². The first kappa shape index (κ1) is 11.5. The lowest BCUT2D eigenvalue weighted by atomic mass is 9.80. The Bertz CT molecular complexity index is 216. The molecule has 1 rings (SSSR count). The van der Waals surface area contributed by atoms with Crippen LogP contribution in [0.3, 0.4) is 0 Å². The Kier molecular flexibility index (Phi) is 3.50. The van der Waals surface area contributed by atoms with Crippen molar-refractivity contribution >= 4 is 5.97 Å². The minimum atomic E-state index is -0.906. The van der Waals surface area contributed by atoms with E-state index in [1.54, 1.807) is 0 Å². The van der Waals surface area contributed by atoms with Crippen molar-refractivity contribution in [3.63, 3.8) is 0 Å². The minimum absolute atomic E-state index is 0.170. The third kappa shape index (κ3) is 2.25. The molecular weight excluding hydrogens is 184 g/mol. The molecule has 0 saturated heterocycles. The van der Waals surface area contributed by atoms with Gasteiger partial charge in [0.1, 0.15) is 0 Å². The Labute approximate surface area is 83.6 Å². The molecule has 0 bridgehead atoms. The second kappa shape index (κ2) is 4.28. The zero-order valence-corrected chi connectivity index (χ0v) is 8.44. The van der Waals surface area contributed by atoms with Gasteiger partial charge in [-0.3, -0.25) is 4.79 Å². The van der Waals surface area contributed by atoms with Gasteiger partial charge in [0.2, 0.25) is 0 Å². The third-order valence-electron chi connectivity index (χ3n) is 3.15. The normalized spacial score (nSPS) is 34.4. The van der Waals surface area contributed by atoms with Crippen LogP contribution in [0, 0.1) is 11.3 Å². The summed E-state index contributed by atoms with van der Waals surface area (Å²) in [5, 5.41) is 27.2. The minimum Gasteiger partial charge on any atom is -0.481 e. The maximum Gasteiger partial charge on any atom is 0.309 e. The smallest absolute Gasteiger partial charge is 0.309 e. The van der Waals surface area contributed by atoms with Gasteiger partial charge in [0.15, 0.2) is 0 Å². The SMILES string of the molecule is CC1CCC(CC(O)CO)(C(=O)O)C1. The van der Waals surface area contributed by atoms with Gasteiger partial charge in [0.25, 0.3) is 0 Å². The van der Waals surface area contributed by atoms with Crippen LogP contribution in [-0.2, 0) is 4.79 Å². The number of aliphatic hydroxyl groups excluding tert-OH is 2. The van der Waals surface area contributed by atoms with Crippen molar-refractivity contribution < 1.29 is 20.1 Å². The molecule has 14 heavy (non-hydrogen) atoms. The van der Waals surface area contributed by atoms with E-state index in [1.807, 2.05) is 6.92 Å². The van der Waals surface area contributed by atoms with Crippen LogP contribution in [0.1, 0.15) is 32.6 Å². The van der Waals surface area contributed by atoms with Gasteiger partial charge >= 0.3 is 5.97 Å². The van der Waals surface area contributed by atoms with E-state index in [2.05, 4.69) is 0 Å². The summed E-state index contributed by atoms with van der Waals surface area (Å²) >= 11 is 0. The molecule has 0 spiro atoms. The summed E-state index contributed by atoms with van der Waals surface area (Å²) in [6.07, 6.45) is 1.38. The number of carboxylic acid groups (broad SMARTS) is 1. The highest BCUT2D eigenvalue weighted by molar-refractivity contribution is 5.75. The summed E-state index contributed by atoms with van der Waals surface area (Å²) < 4.78 is 0. The van der Waals surface area contributed by atoms with E-state index in [1.165, 1.54) is 0 Å². The number of hydrogen-bond donors (Lipinski definition) is 3. The van der Waals surface area contributed by atoms with E-state index in [4.69, 9.17) is 10.2 Å². The van der Waals surface area contributed by atoms with Crippen LogP contribution in [0.5, 0.6) is 0 Å². The fourth-order valence-electron chi connectivity index (χ4n) is 2.38. The monoisotopic (exact) mass is 202 g/mol. The fourth-order valence-corrected chi connectivity index (χ4v) is 2.38. The zero-order chi connectivity index (χ0) is 10.8. The highest BCUT2D eigenvalue weighted by Gasteiger charge is 2.45. The second-order valence-corrected chi connectivity index (χ2v) is 4.47. The van der Waals surface area contributed by atoms with Crippen molar-refractivity contribution in [3.8, 4) is 0 Å². The zero-order valence-electron chi connectivity index (χ0n) is 8.44. The molecule has 1 fully saturated rings. The third-order valence-corrected chi connectivity index (χ3v) is 3.15. The van der Waals surface area contributed by atoms with Gasteiger partial charge in [0, 0.05) is 0 Å². The van der Waals surface area contributed by atoms with E-state index in [0.29, 0.717) is 18.8 Å². The van der Waals surface area contributed by atoms with Gasteiger partial charge in [-0.15, -0.1) is 0 Å². The first-order chi connectivity index (χ1) is 6.50. The van der Waals surface area contributed by atoms with Gasteiger partial charge in [0.05, 0.1) is 18.1 Å². The topological polar surface area (TPSA) is 77.8 Å². The van der Waals surface area contributed by atoms with Crippen molar-refractivity contribution in [2.75, 3.05) is 6.61 Å². The molecule has 3 N–H and O–H groups in total. The Balaban J connectivity index is 2.68. The molecule has 0 aromatic rings. The molecule has 0 aromatic heterocycles. The number of aliphatic hydroxyl groups is 2. The molecule has 4 heteroatoms. The highest BCUT2D eigenvalue weighted by Crippen LogP contribution is 2.45. The number of carbonyl (C=O) groups is 1. The lowest BCUT2D eigenvalue weighted by Gasteiger charge is -2.26. The molecule has 1 aliphatic rings. The maximum atomic E-state index is 11.1. The lowest BCUT2D eigenvalue weighted by molar-refractivity contribution is -0.151. The number of carboxylic acids is 1. The second-order valence-electron chi connectivity index (χ2n) is 4.47. The molecule has 0 heterocycles. The molecule has 1 aliphatic carbocycles. The van der Waals surface area contributed by atoms with Gasteiger partial charge < -0.3 is 15.3 Å². The molecule has 0 amide bonds. The van der Waals surface area contributed by atoms with Crippen LogP contribution >= 0.6 is 0 Å². The van der Waals surface area contributed by atoms with Gasteiger partial charge in [-0.2, -0.15) is 0 Å². The summed E-state index contributed by atoms with van der Waals surface area (Å²) in [5.74, 6) is -0.439. The molecule has 4 nitrogen and oxygen atoms in total. The average Bonchev–Trinajstić information content (AvgIpc) is 2.48. The van der Waals surface area contributed by atoms with Crippen LogP contribution in [0.4, 0.5) is 0 Å². The van der Waals surface area contributed by atoms with Crippen LogP contribution in [0.25, 0.3) is 0 Å². The largest absolute Gasteiger partial charge is 0.481 e. The van der Waals surface area contributed by atoms with Crippen LogP contribution in [0.15, 0.2) is 0 Å². The van der Waals surface area contributed by atoms with Crippen molar-refractivity contribution in [1.29, 1.82) is 0 Å². The quantitative estimate of drug-likeness (QED) is 0.624. The molecular formula is C10H18O4. The molecule has 0 radical (unpaired) electrons. The standard InChI is InChI=1S/C10H18O4/c1-7-2-3-10(4-7,9(13)14)5-8(12)6-11/h7-8,11-12H,2-6H2,1H3,(H,13,14). The number of hydrogen-bond acceptors (Lipinski definition) is 3. The van der Waals surface area contributed by atoms with E-state index in [0.717, 1.165) is 6.42 Å². The van der Waals surface area contributed by atoms with Crippen LogP contribution in [-0.4, -0.2) is 34.0 Å². The number of aliphatic carboxylic acids is 1. The fraction of sp³-hybridized carbons (Fsp3) is 0.900. The maximum absolute atomic E-state index is 11.1. The van der Waals surface area contributed by atoms with E-state index < -0.39 is 17.5 Å². The van der Waals surface area contributed by atoms with E-state index in [-0.39, 0.29) is 13.0 Å². The summed E-state index contributed by atoms with van der Waals surface area (Å²) in [6.45, 7) is 1.67. The van der Waals surface area contributed by atoms with Crippen molar-refractivity contribution in [2.45, 2.75) is 38.7 Å². The molecule has 0 aliphatic heterocycles. The summed E-state index contributed by atoms with van der Waals surface area (Å²) in [4.78, 5) is 11.1. The van der Waals surface area contributed by atoms with Crippen molar-refractivity contribution in [3.05, 3.63) is 0 Å². The Morgan fingerprint density at radius 2 is 2.29 bits per heavy atom.